The number of amides is 3. The number of anilines is 1. The summed E-state index contributed by atoms with van der Waals surface area (Å²) in [5.74, 6) is -0.984. The quantitative estimate of drug-likeness (QED) is 0.128. The molecule has 6 rings (SSSR count). The van der Waals surface area contributed by atoms with Gasteiger partial charge in [0.1, 0.15) is 35.4 Å². The lowest BCUT2D eigenvalue weighted by atomic mass is 10.00. The van der Waals surface area contributed by atoms with E-state index in [9.17, 15) is 19.2 Å². The number of nitrogens with zero attached hydrogens (tertiary/aromatic N) is 3. The Kier molecular flexibility index (Phi) is 10.6. The number of pyridine rings is 1. The summed E-state index contributed by atoms with van der Waals surface area (Å²) < 4.78 is 13.5. The molecule has 3 amide bonds. The Morgan fingerprint density at radius 2 is 1.65 bits per heavy atom. The standard InChI is InChI=1S/C36H36N4O6S.HI/c1-36(2,3)46-35(44)37-28-32(42)40-29(34(43)45-30(23-12-7-5-8-13-23)24-14-9-6-10-15-24)26(22-47-33(28)40)20-25-17-19-39(31(25)41)27-16-11-18-38(4)21-27;/h5-16,18,20-21,28,30,33H,17,19,22H2,1-4H3;1H/b25-20+;/t28-,33-;/m1./s1. The predicted molar refractivity (Wildman–Crippen MR) is 177 cm³/mol. The molecule has 1 aromatic heterocycles. The monoisotopic (exact) mass is 780 g/mol. The number of aromatic nitrogens is 1. The van der Waals surface area contributed by atoms with Gasteiger partial charge in [0.25, 0.3) is 11.8 Å². The summed E-state index contributed by atoms with van der Waals surface area (Å²) in [6, 6.07) is 21.7. The van der Waals surface area contributed by atoms with E-state index in [0.717, 1.165) is 16.8 Å². The van der Waals surface area contributed by atoms with Crippen LogP contribution in [-0.2, 0) is 30.9 Å². The minimum Gasteiger partial charge on any atom is -1.00 e. The van der Waals surface area contributed by atoms with Crippen molar-refractivity contribution in [3.63, 3.8) is 0 Å². The van der Waals surface area contributed by atoms with Gasteiger partial charge in [-0.15, -0.1) is 11.8 Å². The molecule has 48 heavy (non-hydrogen) atoms. The SMILES string of the molecule is C[n+]1cccc(N2CC/C(=C\C3=C(C(=O)OC(c4ccccc4)c4ccccc4)N4C(=O)[C@@H](NC(=O)OC(C)(C)C)[C@H]4SC3)C2=O)c1.[I-]. The summed E-state index contributed by atoms with van der Waals surface area (Å²) in [5, 5.41) is 2.12. The van der Waals surface area contributed by atoms with Crippen LogP contribution in [0.15, 0.2) is 108 Å². The third-order valence-electron chi connectivity index (χ3n) is 8.00. The highest BCUT2D eigenvalue weighted by atomic mass is 127. The fourth-order valence-electron chi connectivity index (χ4n) is 5.86. The van der Waals surface area contributed by atoms with Crippen LogP contribution in [0.25, 0.3) is 0 Å². The van der Waals surface area contributed by atoms with Gasteiger partial charge in [0.15, 0.2) is 18.5 Å². The largest absolute Gasteiger partial charge is 1.00 e. The minimum atomic E-state index is -0.881. The van der Waals surface area contributed by atoms with Gasteiger partial charge in [0.05, 0.1) is 0 Å². The van der Waals surface area contributed by atoms with Crippen molar-refractivity contribution in [1.82, 2.24) is 10.2 Å². The van der Waals surface area contributed by atoms with Crippen LogP contribution < -0.4 is 38.8 Å². The van der Waals surface area contributed by atoms with Gasteiger partial charge in [-0.3, -0.25) is 14.5 Å². The number of rotatable bonds is 7. The number of fused-ring (bicyclic) bond motifs is 1. The molecule has 3 aliphatic heterocycles. The fraction of sp³-hybridized carbons (Fsp3) is 0.306. The number of thioether (sulfide) groups is 1. The number of hydrogen-bond donors (Lipinski definition) is 1. The van der Waals surface area contributed by atoms with Gasteiger partial charge in [0, 0.05) is 23.9 Å². The summed E-state index contributed by atoms with van der Waals surface area (Å²) in [6.07, 6.45) is 4.53. The van der Waals surface area contributed by atoms with E-state index in [0.29, 0.717) is 29.9 Å². The third kappa shape index (κ3) is 7.44. The zero-order valence-corrected chi connectivity index (χ0v) is 30.1. The van der Waals surface area contributed by atoms with Crippen molar-refractivity contribution in [2.24, 2.45) is 7.05 Å². The van der Waals surface area contributed by atoms with Crippen molar-refractivity contribution in [3.05, 3.63) is 119 Å². The second-order valence-electron chi connectivity index (χ2n) is 12.6. The van der Waals surface area contributed by atoms with Crippen LogP contribution in [0.5, 0.6) is 0 Å². The summed E-state index contributed by atoms with van der Waals surface area (Å²) in [5.41, 5.74) is 2.70. The first kappa shape index (κ1) is 35.1. The molecule has 0 unspecified atom stereocenters. The average Bonchev–Trinajstić information content (AvgIpc) is 3.41. The summed E-state index contributed by atoms with van der Waals surface area (Å²) in [4.78, 5) is 57.2. The molecule has 2 saturated heterocycles. The molecule has 10 nitrogen and oxygen atoms in total. The second-order valence-corrected chi connectivity index (χ2v) is 13.7. The molecule has 2 atom stereocenters. The Hall–Kier alpha value is -4.17. The van der Waals surface area contributed by atoms with Gasteiger partial charge >= 0.3 is 12.1 Å². The molecule has 2 fully saturated rings. The maximum Gasteiger partial charge on any atom is 0.408 e. The normalized spacial score (nSPS) is 19.9. The maximum absolute atomic E-state index is 14.3. The summed E-state index contributed by atoms with van der Waals surface area (Å²) >= 11 is 1.41. The van der Waals surface area contributed by atoms with Crippen LogP contribution >= 0.6 is 11.8 Å². The topological polar surface area (TPSA) is 109 Å². The van der Waals surface area contributed by atoms with Gasteiger partial charge in [-0.25, -0.2) is 14.2 Å². The molecular weight excluding hydrogens is 743 g/mol. The molecular formula is C36H37IN4O6S. The molecule has 4 heterocycles. The Morgan fingerprint density at radius 3 is 2.25 bits per heavy atom. The Bertz CT molecular complexity index is 1740. The van der Waals surface area contributed by atoms with Gasteiger partial charge in [-0.05, 0) is 56.0 Å². The number of hydrogen-bond acceptors (Lipinski definition) is 7. The number of esters is 1. The van der Waals surface area contributed by atoms with Crippen molar-refractivity contribution in [2.45, 2.75) is 50.3 Å². The van der Waals surface area contributed by atoms with E-state index in [2.05, 4.69) is 5.32 Å². The van der Waals surface area contributed by atoms with Crippen LogP contribution in [0, 0.1) is 0 Å². The third-order valence-corrected chi connectivity index (χ3v) is 9.30. The number of halogens is 1. The molecule has 1 N–H and O–H groups in total. The van der Waals surface area contributed by atoms with Crippen LogP contribution in [-0.4, -0.2) is 58.1 Å². The van der Waals surface area contributed by atoms with Crippen LogP contribution in [0.3, 0.4) is 0 Å². The molecule has 0 bridgehead atoms. The molecule has 0 saturated carbocycles. The summed E-state index contributed by atoms with van der Waals surface area (Å²) in [6.45, 7) is 5.72. The average molecular weight is 781 g/mol. The second kappa shape index (κ2) is 14.5. The highest BCUT2D eigenvalue weighted by Gasteiger charge is 2.55. The molecule has 0 radical (unpaired) electrons. The Labute approximate surface area is 301 Å². The van der Waals surface area contributed by atoms with Gasteiger partial charge in [-0.2, -0.15) is 0 Å². The molecule has 0 aliphatic carbocycles. The highest BCUT2D eigenvalue weighted by Crippen LogP contribution is 2.43. The van der Waals surface area contributed by atoms with E-state index < -0.39 is 41.1 Å². The predicted octanol–water partition coefficient (Wildman–Crippen LogP) is 1.57. The first-order valence-electron chi connectivity index (χ1n) is 15.5. The fourth-order valence-corrected chi connectivity index (χ4v) is 7.17. The van der Waals surface area contributed by atoms with Crippen LogP contribution in [0.1, 0.15) is 44.4 Å². The molecule has 2 aromatic carbocycles. The van der Waals surface area contributed by atoms with Gasteiger partial charge < -0.3 is 43.7 Å². The van der Waals surface area contributed by atoms with E-state index in [1.165, 1.54) is 16.7 Å². The van der Waals surface area contributed by atoms with Gasteiger partial charge in [-0.1, -0.05) is 60.7 Å². The first-order chi connectivity index (χ1) is 22.5. The van der Waals surface area contributed by atoms with E-state index in [-0.39, 0.29) is 35.6 Å². The van der Waals surface area contributed by atoms with Crippen molar-refractivity contribution in [1.29, 1.82) is 0 Å². The van der Waals surface area contributed by atoms with E-state index in [1.54, 1.807) is 31.7 Å². The van der Waals surface area contributed by atoms with Crippen molar-refractivity contribution in [2.75, 3.05) is 17.2 Å². The van der Waals surface area contributed by atoms with Crippen molar-refractivity contribution >= 4 is 41.3 Å². The number of allylic oxidation sites excluding steroid dienone is 1. The lowest BCUT2D eigenvalue weighted by molar-refractivity contribution is -0.670. The number of ether oxygens (including phenoxy) is 2. The molecule has 3 aromatic rings. The molecule has 250 valence electrons. The van der Waals surface area contributed by atoms with Crippen LogP contribution in [0.4, 0.5) is 10.5 Å². The Morgan fingerprint density at radius 1 is 1.00 bits per heavy atom. The first-order valence-corrected chi connectivity index (χ1v) is 16.5. The number of benzene rings is 2. The number of β-lactam (4-membered cyclic amide) rings is 1. The van der Waals surface area contributed by atoms with E-state index in [1.807, 2.05) is 96.8 Å². The molecule has 12 heteroatoms. The number of alkyl carbamates (subject to hydrolysis) is 1. The number of aryl methyl sites for hydroxylation is 1. The van der Waals surface area contributed by atoms with Gasteiger partial charge in [0.2, 0.25) is 0 Å². The van der Waals surface area contributed by atoms with Crippen molar-refractivity contribution in [3.8, 4) is 0 Å². The lowest BCUT2D eigenvalue weighted by Gasteiger charge is -2.49. The highest BCUT2D eigenvalue weighted by molar-refractivity contribution is 8.00. The molecule has 3 aliphatic rings. The van der Waals surface area contributed by atoms with Crippen molar-refractivity contribution < 1.29 is 57.2 Å². The van der Waals surface area contributed by atoms with E-state index >= 15 is 0 Å². The van der Waals surface area contributed by atoms with Crippen LogP contribution in [0.2, 0.25) is 0 Å². The number of nitrogens with one attached hydrogen (secondary N) is 1. The zero-order valence-electron chi connectivity index (χ0n) is 27.1. The number of carbonyl (C=O) groups excluding carboxylic acids is 4. The van der Waals surface area contributed by atoms with E-state index in [4.69, 9.17) is 9.47 Å². The Balaban J connectivity index is 0.00000451. The maximum atomic E-state index is 14.3. The lowest BCUT2D eigenvalue weighted by Crippen LogP contribution is -3.00. The smallest absolute Gasteiger partial charge is 0.408 e. The zero-order chi connectivity index (χ0) is 33.3. The minimum absolute atomic E-state index is 0. The molecule has 0 spiro atoms. The summed E-state index contributed by atoms with van der Waals surface area (Å²) in [7, 11) is 1.90. The number of carbonyl (C=O) groups is 4.